The van der Waals surface area contributed by atoms with Crippen LogP contribution in [0.5, 0.6) is 11.5 Å². The van der Waals surface area contributed by atoms with Crippen molar-refractivity contribution >= 4 is 23.8 Å². The molecule has 0 saturated carbocycles. The SMILES string of the molecule is CCN(CC)c1ccc(C=NCCN=Cc2ccc(N(CC)CC)cc2O)c(O)c1. The minimum Gasteiger partial charge on any atom is -0.507 e. The van der Waals surface area contributed by atoms with Crippen molar-refractivity contribution in [2.45, 2.75) is 27.7 Å². The number of benzene rings is 2. The lowest BCUT2D eigenvalue weighted by molar-refractivity contribution is 0.474. The summed E-state index contributed by atoms with van der Waals surface area (Å²) in [6.45, 7) is 13.0. The highest BCUT2D eigenvalue weighted by Gasteiger charge is 2.06. The van der Waals surface area contributed by atoms with E-state index in [1.165, 1.54) is 0 Å². The summed E-state index contributed by atoms with van der Waals surface area (Å²) in [5, 5.41) is 20.5. The van der Waals surface area contributed by atoms with E-state index in [-0.39, 0.29) is 11.5 Å². The van der Waals surface area contributed by atoms with Crippen LogP contribution in [0.25, 0.3) is 0 Å². The number of phenols is 2. The van der Waals surface area contributed by atoms with Gasteiger partial charge in [-0.1, -0.05) is 0 Å². The topological polar surface area (TPSA) is 71.7 Å². The molecule has 0 atom stereocenters. The van der Waals surface area contributed by atoms with E-state index in [4.69, 9.17) is 0 Å². The minimum absolute atomic E-state index is 0.227. The number of rotatable bonds is 11. The zero-order valence-electron chi connectivity index (χ0n) is 18.5. The van der Waals surface area contributed by atoms with E-state index in [1.54, 1.807) is 24.6 Å². The third-order valence-corrected chi connectivity index (χ3v) is 5.10. The summed E-state index contributed by atoms with van der Waals surface area (Å²) in [4.78, 5) is 13.1. The van der Waals surface area contributed by atoms with Gasteiger partial charge in [0.05, 0.1) is 13.1 Å². The van der Waals surface area contributed by atoms with Gasteiger partial charge in [0.25, 0.3) is 0 Å². The Hall–Kier alpha value is -3.02. The highest BCUT2D eigenvalue weighted by Crippen LogP contribution is 2.24. The number of aliphatic imine (C=N–C) groups is 2. The van der Waals surface area contributed by atoms with Crippen molar-refractivity contribution in [1.82, 2.24) is 0 Å². The molecule has 162 valence electrons. The first kappa shape index (κ1) is 23.3. The maximum absolute atomic E-state index is 10.2. The lowest BCUT2D eigenvalue weighted by atomic mass is 10.2. The Morgan fingerprint density at radius 1 is 0.667 bits per heavy atom. The van der Waals surface area contributed by atoms with Gasteiger partial charge in [-0.2, -0.15) is 0 Å². The van der Waals surface area contributed by atoms with Gasteiger partial charge in [0, 0.05) is 73.2 Å². The van der Waals surface area contributed by atoms with E-state index in [0.717, 1.165) is 37.6 Å². The first-order valence-electron chi connectivity index (χ1n) is 10.7. The summed E-state index contributed by atoms with van der Waals surface area (Å²) in [6.07, 6.45) is 3.35. The van der Waals surface area contributed by atoms with Crippen molar-refractivity contribution in [2.75, 3.05) is 49.1 Å². The molecule has 2 N–H and O–H groups in total. The van der Waals surface area contributed by atoms with Crippen molar-refractivity contribution in [3.05, 3.63) is 47.5 Å². The number of hydrogen-bond acceptors (Lipinski definition) is 6. The third-order valence-electron chi connectivity index (χ3n) is 5.10. The summed E-state index contributed by atoms with van der Waals surface area (Å²) < 4.78 is 0. The average Bonchev–Trinajstić information content (AvgIpc) is 2.75. The molecule has 0 heterocycles. The van der Waals surface area contributed by atoms with Crippen molar-refractivity contribution in [3.8, 4) is 11.5 Å². The van der Waals surface area contributed by atoms with Gasteiger partial charge in [0.15, 0.2) is 0 Å². The highest BCUT2D eigenvalue weighted by atomic mass is 16.3. The van der Waals surface area contributed by atoms with Gasteiger partial charge in [0.2, 0.25) is 0 Å². The number of nitrogens with zero attached hydrogens (tertiary/aromatic N) is 4. The van der Waals surface area contributed by atoms with Gasteiger partial charge in [-0.3, -0.25) is 9.98 Å². The maximum atomic E-state index is 10.2. The summed E-state index contributed by atoms with van der Waals surface area (Å²) in [5.74, 6) is 0.453. The molecule has 6 heteroatoms. The predicted molar refractivity (Wildman–Crippen MR) is 128 cm³/mol. The lowest BCUT2D eigenvalue weighted by Crippen LogP contribution is -2.21. The molecule has 0 bridgehead atoms. The number of aromatic hydroxyl groups is 2. The smallest absolute Gasteiger partial charge is 0.126 e. The fourth-order valence-electron chi connectivity index (χ4n) is 3.29. The van der Waals surface area contributed by atoms with Crippen LogP contribution < -0.4 is 9.80 Å². The van der Waals surface area contributed by atoms with E-state index in [9.17, 15) is 10.2 Å². The molecule has 0 spiro atoms. The molecule has 30 heavy (non-hydrogen) atoms. The molecule has 2 aromatic rings. The van der Waals surface area contributed by atoms with Crippen molar-refractivity contribution < 1.29 is 10.2 Å². The van der Waals surface area contributed by atoms with Crippen LogP contribution in [0, 0.1) is 0 Å². The van der Waals surface area contributed by atoms with Gasteiger partial charge >= 0.3 is 0 Å². The molecule has 6 nitrogen and oxygen atoms in total. The minimum atomic E-state index is 0.227. The fraction of sp³-hybridized carbons (Fsp3) is 0.417. The molecule has 2 rings (SSSR count). The van der Waals surface area contributed by atoms with Gasteiger partial charge in [0.1, 0.15) is 11.5 Å². The maximum Gasteiger partial charge on any atom is 0.126 e. The average molecular weight is 411 g/mol. The van der Waals surface area contributed by atoms with Crippen molar-refractivity contribution in [1.29, 1.82) is 0 Å². The Bertz CT molecular complexity index is 785. The summed E-state index contributed by atoms with van der Waals surface area (Å²) >= 11 is 0. The van der Waals surface area contributed by atoms with Crippen LogP contribution in [-0.2, 0) is 0 Å². The molecule has 2 aromatic carbocycles. The Kier molecular flexibility index (Phi) is 9.19. The quantitative estimate of drug-likeness (QED) is 0.427. The molecular weight excluding hydrogens is 376 g/mol. The number of hydrogen-bond donors (Lipinski definition) is 2. The summed E-state index contributed by atoms with van der Waals surface area (Å²) in [5.41, 5.74) is 3.40. The molecule has 0 fully saturated rings. The lowest BCUT2D eigenvalue weighted by Gasteiger charge is -2.21. The molecule has 0 aromatic heterocycles. The van der Waals surface area contributed by atoms with E-state index in [2.05, 4.69) is 47.5 Å². The standard InChI is InChI=1S/C24H34N4O2/c1-5-27(6-2)21-11-9-19(23(29)15-21)17-25-13-14-26-18-20-10-12-22(16-24(20)30)28(7-3)8-4/h9-12,15-18,29-30H,5-8,13-14H2,1-4H3. The first-order chi connectivity index (χ1) is 14.5. The number of phenolic OH excluding ortho intramolecular Hbond substituents is 2. The molecule has 0 aliphatic carbocycles. The van der Waals surface area contributed by atoms with Crippen molar-refractivity contribution in [2.24, 2.45) is 9.98 Å². The molecule has 0 radical (unpaired) electrons. The van der Waals surface area contributed by atoms with E-state index >= 15 is 0 Å². The van der Waals surface area contributed by atoms with Crippen LogP contribution in [0.4, 0.5) is 11.4 Å². The van der Waals surface area contributed by atoms with Crippen molar-refractivity contribution in [3.63, 3.8) is 0 Å². The Balaban J connectivity index is 1.90. The van der Waals surface area contributed by atoms with Crippen LogP contribution in [0.1, 0.15) is 38.8 Å². The Morgan fingerprint density at radius 2 is 1.03 bits per heavy atom. The third kappa shape index (κ3) is 6.24. The van der Waals surface area contributed by atoms with Gasteiger partial charge < -0.3 is 20.0 Å². The van der Waals surface area contributed by atoms with Crippen LogP contribution in [-0.4, -0.2) is 61.9 Å². The largest absolute Gasteiger partial charge is 0.507 e. The second-order valence-corrected chi connectivity index (χ2v) is 6.90. The second-order valence-electron chi connectivity index (χ2n) is 6.90. The zero-order chi connectivity index (χ0) is 21.9. The van der Waals surface area contributed by atoms with E-state index in [1.807, 2.05) is 24.3 Å². The normalized spacial score (nSPS) is 11.5. The fourth-order valence-corrected chi connectivity index (χ4v) is 3.29. The van der Waals surface area contributed by atoms with Crippen LogP contribution in [0.3, 0.4) is 0 Å². The molecule has 0 aliphatic heterocycles. The van der Waals surface area contributed by atoms with Gasteiger partial charge in [-0.15, -0.1) is 0 Å². The highest BCUT2D eigenvalue weighted by molar-refractivity contribution is 5.85. The monoisotopic (exact) mass is 410 g/mol. The Morgan fingerprint density at radius 3 is 1.33 bits per heavy atom. The molecule has 0 saturated heterocycles. The van der Waals surface area contributed by atoms with E-state index < -0.39 is 0 Å². The zero-order valence-corrected chi connectivity index (χ0v) is 18.5. The Labute approximate surface area is 180 Å². The van der Waals surface area contributed by atoms with Gasteiger partial charge in [-0.05, 0) is 52.0 Å². The molecule has 0 unspecified atom stereocenters. The number of anilines is 2. The first-order valence-corrected chi connectivity index (χ1v) is 10.7. The molecule has 0 aliphatic rings. The van der Waals surface area contributed by atoms with E-state index in [0.29, 0.717) is 24.2 Å². The van der Waals surface area contributed by atoms with Crippen LogP contribution in [0.15, 0.2) is 46.4 Å². The van der Waals surface area contributed by atoms with Gasteiger partial charge in [-0.25, -0.2) is 0 Å². The predicted octanol–water partition coefficient (Wildman–Crippen LogP) is 4.33. The summed E-state index contributed by atoms with van der Waals surface area (Å²) in [7, 11) is 0. The molecular formula is C24H34N4O2. The summed E-state index contributed by atoms with van der Waals surface area (Å²) in [6, 6.07) is 11.3. The van der Waals surface area contributed by atoms with Crippen LogP contribution in [0.2, 0.25) is 0 Å². The molecule has 0 amide bonds. The second kappa shape index (κ2) is 11.9. The van der Waals surface area contributed by atoms with Crippen LogP contribution >= 0.6 is 0 Å².